The number of carboxylic acids is 1. The molecular weight excluding hydrogens is 390 g/mol. The lowest BCUT2D eigenvalue weighted by atomic mass is 10.2. The third-order valence-corrected chi connectivity index (χ3v) is 5.37. The number of non-ortho nitro benzene ring substituents is 1. The van der Waals surface area contributed by atoms with Gasteiger partial charge in [-0.1, -0.05) is 24.0 Å². The molecule has 1 aliphatic rings. The summed E-state index contributed by atoms with van der Waals surface area (Å²) < 4.78 is 0.377. The lowest BCUT2D eigenvalue weighted by molar-refractivity contribution is -0.384. The van der Waals surface area contributed by atoms with Crippen molar-refractivity contribution in [2.24, 2.45) is 0 Å². The number of benzene rings is 2. The van der Waals surface area contributed by atoms with Crippen molar-refractivity contribution in [1.29, 1.82) is 0 Å². The lowest BCUT2D eigenvalue weighted by Gasteiger charge is -2.15. The number of aromatic carboxylic acids is 1. The molecule has 0 spiro atoms. The van der Waals surface area contributed by atoms with E-state index in [0.717, 1.165) is 0 Å². The maximum atomic E-state index is 12.7. The van der Waals surface area contributed by atoms with Crippen LogP contribution in [0.2, 0.25) is 0 Å². The molecule has 0 aliphatic carbocycles. The average Bonchev–Trinajstić information content (AvgIpc) is 2.94. The number of amides is 1. The Bertz CT molecular complexity index is 915. The van der Waals surface area contributed by atoms with E-state index in [4.69, 9.17) is 17.3 Å². The molecule has 10 heteroatoms. The third kappa shape index (κ3) is 4.07. The Kier molecular flexibility index (Phi) is 5.38. The highest BCUT2D eigenvalue weighted by Gasteiger charge is 2.37. The number of nitro benzene ring substituents is 1. The summed E-state index contributed by atoms with van der Waals surface area (Å²) in [6, 6.07) is 11.8. The Balaban J connectivity index is 1.66. The Morgan fingerprint density at radius 3 is 2.41 bits per heavy atom. The molecule has 0 saturated carbocycles. The van der Waals surface area contributed by atoms with Crippen LogP contribution in [0.3, 0.4) is 0 Å². The first-order valence-corrected chi connectivity index (χ1v) is 9.02. The number of anilines is 2. The minimum Gasteiger partial charge on any atom is -0.478 e. The quantitative estimate of drug-likeness (QED) is 0.430. The van der Waals surface area contributed by atoms with Gasteiger partial charge in [-0.2, -0.15) is 0 Å². The molecule has 8 nitrogen and oxygen atoms in total. The summed E-state index contributed by atoms with van der Waals surface area (Å²) in [4.78, 5) is 35.1. The second-order valence-electron chi connectivity index (χ2n) is 5.58. The van der Waals surface area contributed by atoms with Crippen LogP contribution in [-0.4, -0.2) is 38.0 Å². The van der Waals surface area contributed by atoms with Gasteiger partial charge in [-0.05, 0) is 36.4 Å². The number of nitrogens with zero attached hydrogens (tertiary/aromatic N) is 2. The van der Waals surface area contributed by atoms with Crippen LogP contribution in [0.15, 0.2) is 48.5 Å². The second-order valence-corrected chi connectivity index (χ2v) is 7.42. The van der Waals surface area contributed by atoms with Gasteiger partial charge in [0.2, 0.25) is 5.91 Å². The first-order valence-electron chi connectivity index (χ1n) is 7.73. The molecule has 27 heavy (non-hydrogen) atoms. The summed E-state index contributed by atoms with van der Waals surface area (Å²) in [6.07, 6.45) is 0. The lowest BCUT2D eigenvalue weighted by Crippen LogP contribution is -2.33. The summed E-state index contributed by atoms with van der Waals surface area (Å²) in [5.74, 6) is -1.22. The van der Waals surface area contributed by atoms with E-state index in [1.165, 1.54) is 53.1 Å². The Labute approximate surface area is 163 Å². The van der Waals surface area contributed by atoms with Crippen molar-refractivity contribution in [2.75, 3.05) is 16.8 Å². The van der Waals surface area contributed by atoms with Crippen LogP contribution in [0.25, 0.3) is 0 Å². The Morgan fingerprint density at radius 2 is 1.85 bits per heavy atom. The van der Waals surface area contributed by atoms with Crippen LogP contribution in [0.5, 0.6) is 0 Å². The van der Waals surface area contributed by atoms with Crippen LogP contribution in [-0.2, 0) is 4.79 Å². The van der Waals surface area contributed by atoms with Crippen LogP contribution in [0, 0.1) is 10.1 Å². The van der Waals surface area contributed by atoms with Gasteiger partial charge in [0.25, 0.3) is 5.69 Å². The molecule has 1 fully saturated rings. The van der Waals surface area contributed by atoms with E-state index in [2.05, 4.69) is 5.32 Å². The predicted octanol–water partition coefficient (Wildman–Crippen LogP) is 3.14. The normalized spacial score (nSPS) is 16.4. The topological polar surface area (TPSA) is 113 Å². The van der Waals surface area contributed by atoms with Crippen LogP contribution in [0.4, 0.5) is 17.1 Å². The van der Waals surface area contributed by atoms with Gasteiger partial charge >= 0.3 is 5.97 Å². The molecule has 0 radical (unpaired) electrons. The molecule has 138 valence electrons. The number of thioether (sulfide) groups is 1. The maximum absolute atomic E-state index is 12.7. The standard InChI is InChI=1S/C17H13N3O5S2/c21-15-14(9-18-11-3-1-10(2-4-11)16(22)23)27-17(26)19(15)12-5-7-13(8-6-12)20(24)25/h1-8,14,18H,9H2,(H,22,23). The van der Waals surface area contributed by atoms with E-state index in [1.54, 1.807) is 12.1 Å². The number of hydrogen-bond donors (Lipinski definition) is 2. The summed E-state index contributed by atoms with van der Waals surface area (Å²) in [6.45, 7) is 0.305. The van der Waals surface area contributed by atoms with Crippen LogP contribution in [0.1, 0.15) is 10.4 Å². The molecule has 2 aromatic carbocycles. The molecule has 1 atom stereocenters. The van der Waals surface area contributed by atoms with Gasteiger partial charge in [0.05, 0.1) is 16.2 Å². The first-order chi connectivity index (χ1) is 12.9. The summed E-state index contributed by atoms with van der Waals surface area (Å²) >= 11 is 6.51. The monoisotopic (exact) mass is 403 g/mol. The van der Waals surface area contributed by atoms with E-state index in [1.807, 2.05) is 0 Å². The van der Waals surface area contributed by atoms with E-state index in [9.17, 15) is 19.7 Å². The highest BCUT2D eigenvalue weighted by Crippen LogP contribution is 2.33. The summed E-state index contributed by atoms with van der Waals surface area (Å²) in [5.41, 5.74) is 1.29. The number of nitrogens with one attached hydrogen (secondary N) is 1. The van der Waals surface area contributed by atoms with Gasteiger partial charge in [0, 0.05) is 24.4 Å². The number of thiocarbonyl (C=S) groups is 1. The zero-order chi connectivity index (χ0) is 19.6. The molecule has 2 N–H and O–H groups in total. The zero-order valence-corrected chi connectivity index (χ0v) is 15.3. The van der Waals surface area contributed by atoms with Gasteiger partial charge < -0.3 is 10.4 Å². The van der Waals surface area contributed by atoms with Crippen molar-refractivity contribution in [3.8, 4) is 0 Å². The molecule has 3 rings (SSSR count). The molecule has 2 aromatic rings. The van der Waals surface area contributed by atoms with Crippen molar-refractivity contribution in [1.82, 2.24) is 0 Å². The van der Waals surface area contributed by atoms with Gasteiger partial charge in [0.15, 0.2) is 0 Å². The predicted molar refractivity (Wildman–Crippen MR) is 106 cm³/mol. The van der Waals surface area contributed by atoms with E-state index in [-0.39, 0.29) is 17.2 Å². The van der Waals surface area contributed by atoms with E-state index >= 15 is 0 Å². The molecular formula is C17H13N3O5S2. The Hall–Kier alpha value is -2.98. The summed E-state index contributed by atoms with van der Waals surface area (Å²) in [7, 11) is 0. The molecule has 1 amide bonds. The van der Waals surface area contributed by atoms with Gasteiger partial charge in [-0.25, -0.2) is 4.79 Å². The zero-order valence-electron chi connectivity index (χ0n) is 13.7. The van der Waals surface area contributed by atoms with Crippen LogP contribution >= 0.6 is 24.0 Å². The number of carboxylic acid groups (broad SMARTS) is 1. The smallest absolute Gasteiger partial charge is 0.335 e. The second kappa shape index (κ2) is 7.72. The first kappa shape index (κ1) is 18.8. The number of hydrogen-bond acceptors (Lipinski definition) is 7. The fourth-order valence-electron chi connectivity index (χ4n) is 2.49. The molecule has 1 saturated heterocycles. The van der Waals surface area contributed by atoms with Crippen molar-refractivity contribution in [2.45, 2.75) is 5.25 Å². The highest BCUT2D eigenvalue weighted by molar-refractivity contribution is 8.25. The number of carbonyl (C=O) groups excluding carboxylic acids is 1. The fraction of sp³-hybridized carbons (Fsp3) is 0.118. The molecule has 1 aliphatic heterocycles. The number of carbonyl (C=O) groups is 2. The minimum atomic E-state index is -1.01. The van der Waals surface area contributed by atoms with Crippen molar-refractivity contribution in [3.05, 3.63) is 64.2 Å². The SMILES string of the molecule is O=C(O)c1ccc(NCC2SC(=S)N(c3ccc([N+](=O)[O-])cc3)C2=O)cc1. The van der Waals surface area contributed by atoms with Crippen molar-refractivity contribution >= 4 is 57.2 Å². The van der Waals surface area contributed by atoms with E-state index < -0.39 is 16.1 Å². The van der Waals surface area contributed by atoms with Gasteiger partial charge in [-0.15, -0.1) is 0 Å². The molecule has 0 aromatic heterocycles. The Morgan fingerprint density at radius 1 is 1.22 bits per heavy atom. The van der Waals surface area contributed by atoms with Crippen LogP contribution < -0.4 is 10.2 Å². The van der Waals surface area contributed by atoms with Crippen molar-refractivity contribution in [3.63, 3.8) is 0 Å². The molecule has 1 heterocycles. The minimum absolute atomic E-state index is 0.0630. The van der Waals surface area contributed by atoms with Crippen molar-refractivity contribution < 1.29 is 19.6 Å². The largest absolute Gasteiger partial charge is 0.478 e. The average molecular weight is 403 g/mol. The van der Waals surface area contributed by atoms with Gasteiger partial charge in [-0.3, -0.25) is 19.8 Å². The highest BCUT2D eigenvalue weighted by atomic mass is 32.2. The summed E-state index contributed by atoms with van der Waals surface area (Å²) in [5, 5.41) is 22.3. The van der Waals surface area contributed by atoms with E-state index in [0.29, 0.717) is 22.2 Å². The maximum Gasteiger partial charge on any atom is 0.335 e. The number of rotatable bonds is 6. The molecule has 0 bridgehead atoms. The fourth-order valence-corrected chi connectivity index (χ4v) is 3.95. The third-order valence-electron chi connectivity index (χ3n) is 3.86. The molecule has 1 unspecified atom stereocenters. The number of nitro groups is 1. The van der Waals surface area contributed by atoms with Gasteiger partial charge in [0.1, 0.15) is 9.57 Å².